The van der Waals surface area contributed by atoms with Crippen LogP contribution in [-0.4, -0.2) is 9.97 Å². The van der Waals surface area contributed by atoms with Crippen LogP contribution in [0.1, 0.15) is 0 Å². The molecule has 0 radical (unpaired) electrons. The van der Waals surface area contributed by atoms with Crippen LogP contribution in [0.2, 0.25) is 5.02 Å². The Labute approximate surface area is 85.4 Å². The fraction of sp³-hybridized carbons (Fsp3) is 0. The topological polar surface area (TPSA) is 45.8 Å². The molecule has 0 saturated carbocycles. The van der Waals surface area contributed by atoms with Crippen molar-refractivity contribution in [2.75, 3.05) is 0 Å². The Morgan fingerprint density at radius 3 is 2.86 bits per heavy atom. The van der Waals surface area contributed by atoms with Gasteiger partial charge < -0.3 is 4.98 Å². The lowest BCUT2D eigenvalue weighted by molar-refractivity contribution is 1.27. The number of halogens is 1. The van der Waals surface area contributed by atoms with Gasteiger partial charge in [-0.3, -0.25) is 9.78 Å². The molecule has 0 aliphatic carbocycles. The van der Waals surface area contributed by atoms with Gasteiger partial charge in [0, 0.05) is 36.3 Å². The molecular weight excluding hydrogens is 200 g/mol. The second-order valence-electron chi connectivity index (χ2n) is 2.83. The van der Waals surface area contributed by atoms with Crippen molar-refractivity contribution in [2.24, 2.45) is 0 Å². The van der Waals surface area contributed by atoms with Crippen LogP contribution in [0.5, 0.6) is 0 Å². The third kappa shape index (κ3) is 1.83. The molecule has 2 aromatic rings. The lowest BCUT2D eigenvalue weighted by atomic mass is 10.2. The van der Waals surface area contributed by atoms with E-state index in [1.54, 1.807) is 24.7 Å². The highest BCUT2D eigenvalue weighted by atomic mass is 35.5. The number of pyridine rings is 2. The first-order valence-corrected chi connectivity index (χ1v) is 4.43. The number of hydrogen-bond acceptors (Lipinski definition) is 2. The van der Waals surface area contributed by atoms with Crippen molar-refractivity contribution in [3.8, 4) is 11.3 Å². The summed E-state index contributed by atoms with van der Waals surface area (Å²) in [7, 11) is 0. The maximum Gasteiger partial charge on any atom is 0.182 e. The number of hydrogen-bond donors (Lipinski definition) is 1. The summed E-state index contributed by atoms with van der Waals surface area (Å²) in [6.45, 7) is 0. The molecule has 0 spiro atoms. The minimum atomic E-state index is -0.0428. The van der Waals surface area contributed by atoms with Gasteiger partial charge in [-0.1, -0.05) is 11.6 Å². The molecule has 4 heteroatoms. The number of rotatable bonds is 1. The molecule has 0 fully saturated rings. The zero-order valence-electron chi connectivity index (χ0n) is 7.20. The van der Waals surface area contributed by atoms with Crippen LogP contribution in [0.25, 0.3) is 11.3 Å². The van der Waals surface area contributed by atoms with Crippen molar-refractivity contribution >= 4 is 11.6 Å². The van der Waals surface area contributed by atoms with E-state index in [2.05, 4.69) is 9.97 Å². The normalized spacial score (nSPS) is 10.1. The Hall–Kier alpha value is -1.61. The van der Waals surface area contributed by atoms with Crippen molar-refractivity contribution in [2.45, 2.75) is 0 Å². The Bertz CT molecular complexity index is 507. The van der Waals surface area contributed by atoms with Gasteiger partial charge >= 0.3 is 0 Å². The molecule has 0 saturated heterocycles. The maximum absolute atomic E-state index is 11.1. The van der Waals surface area contributed by atoms with E-state index in [0.29, 0.717) is 10.7 Å². The van der Waals surface area contributed by atoms with E-state index in [1.807, 2.05) is 0 Å². The minimum absolute atomic E-state index is 0.0428. The fourth-order valence-electron chi connectivity index (χ4n) is 1.17. The van der Waals surface area contributed by atoms with Gasteiger partial charge in [-0.05, 0) is 6.07 Å². The standard InChI is InChI=1S/C10H7ClN2O/c11-8-3-7(5-12-6-8)10-4-9(14)1-2-13-10/h1-6H,(H,13,14). The summed E-state index contributed by atoms with van der Waals surface area (Å²) >= 11 is 5.78. The molecule has 2 aromatic heterocycles. The lowest BCUT2D eigenvalue weighted by Gasteiger charge is -1.99. The molecule has 14 heavy (non-hydrogen) atoms. The molecule has 0 aromatic carbocycles. The Balaban J connectivity index is 2.55. The molecule has 3 nitrogen and oxygen atoms in total. The average molecular weight is 207 g/mol. The molecule has 0 aliphatic rings. The summed E-state index contributed by atoms with van der Waals surface area (Å²) in [6, 6.07) is 4.72. The van der Waals surface area contributed by atoms with Crippen LogP contribution in [0.4, 0.5) is 0 Å². The average Bonchev–Trinajstić information content (AvgIpc) is 2.18. The van der Waals surface area contributed by atoms with Gasteiger partial charge in [-0.15, -0.1) is 0 Å². The van der Waals surface area contributed by atoms with Gasteiger partial charge in [-0.2, -0.15) is 0 Å². The van der Waals surface area contributed by atoms with Crippen LogP contribution >= 0.6 is 11.6 Å². The largest absolute Gasteiger partial charge is 0.361 e. The van der Waals surface area contributed by atoms with Gasteiger partial charge in [-0.25, -0.2) is 0 Å². The predicted molar refractivity (Wildman–Crippen MR) is 55.3 cm³/mol. The van der Waals surface area contributed by atoms with Gasteiger partial charge in [0.05, 0.1) is 10.7 Å². The highest BCUT2D eigenvalue weighted by Gasteiger charge is 1.99. The van der Waals surface area contributed by atoms with Crippen molar-refractivity contribution in [1.82, 2.24) is 9.97 Å². The number of H-pyrrole nitrogens is 1. The molecular formula is C10H7ClN2O. The van der Waals surface area contributed by atoms with Crippen molar-refractivity contribution < 1.29 is 0 Å². The Morgan fingerprint density at radius 1 is 1.29 bits per heavy atom. The number of nitrogens with zero attached hydrogens (tertiary/aromatic N) is 1. The van der Waals surface area contributed by atoms with Gasteiger partial charge in [0.2, 0.25) is 0 Å². The zero-order chi connectivity index (χ0) is 9.97. The summed E-state index contributed by atoms with van der Waals surface area (Å²) in [4.78, 5) is 18.0. The van der Waals surface area contributed by atoms with E-state index in [1.165, 1.54) is 12.1 Å². The monoisotopic (exact) mass is 206 g/mol. The maximum atomic E-state index is 11.1. The summed E-state index contributed by atoms with van der Waals surface area (Å²) in [6.07, 6.45) is 4.79. The van der Waals surface area contributed by atoms with E-state index in [0.717, 1.165) is 5.56 Å². The molecule has 0 aliphatic heterocycles. The molecule has 0 atom stereocenters. The third-order valence-corrected chi connectivity index (χ3v) is 2.00. The van der Waals surface area contributed by atoms with Crippen molar-refractivity contribution in [3.05, 3.63) is 52.0 Å². The molecule has 70 valence electrons. The Kier molecular flexibility index (Phi) is 2.33. The van der Waals surface area contributed by atoms with Gasteiger partial charge in [0.25, 0.3) is 0 Å². The molecule has 1 N–H and O–H groups in total. The van der Waals surface area contributed by atoms with E-state index in [9.17, 15) is 4.79 Å². The van der Waals surface area contributed by atoms with E-state index >= 15 is 0 Å². The first-order chi connectivity index (χ1) is 6.75. The molecule has 2 rings (SSSR count). The van der Waals surface area contributed by atoms with Gasteiger partial charge in [0.1, 0.15) is 0 Å². The molecule has 2 heterocycles. The van der Waals surface area contributed by atoms with Crippen LogP contribution in [0.15, 0.2) is 41.6 Å². The molecule has 0 unspecified atom stereocenters. The highest BCUT2D eigenvalue weighted by Crippen LogP contribution is 2.17. The summed E-state index contributed by atoms with van der Waals surface area (Å²) in [5.74, 6) is 0. The summed E-state index contributed by atoms with van der Waals surface area (Å²) in [5, 5.41) is 0.548. The van der Waals surface area contributed by atoms with E-state index in [-0.39, 0.29) is 5.43 Å². The van der Waals surface area contributed by atoms with Crippen molar-refractivity contribution in [3.63, 3.8) is 0 Å². The van der Waals surface area contributed by atoms with Crippen LogP contribution in [0.3, 0.4) is 0 Å². The smallest absolute Gasteiger partial charge is 0.182 e. The highest BCUT2D eigenvalue weighted by molar-refractivity contribution is 6.30. The first-order valence-electron chi connectivity index (χ1n) is 4.05. The second-order valence-corrected chi connectivity index (χ2v) is 3.27. The SMILES string of the molecule is O=c1cc[nH]c(-c2cncc(Cl)c2)c1. The minimum Gasteiger partial charge on any atom is -0.361 e. The fourth-order valence-corrected chi connectivity index (χ4v) is 1.35. The zero-order valence-corrected chi connectivity index (χ0v) is 7.95. The van der Waals surface area contributed by atoms with Crippen LogP contribution < -0.4 is 5.43 Å². The molecule has 0 amide bonds. The van der Waals surface area contributed by atoms with E-state index < -0.39 is 0 Å². The van der Waals surface area contributed by atoms with Crippen molar-refractivity contribution in [1.29, 1.82) is 0 Å². The lowest BCUT2D eigenvalue weighted by Crippen LogP contribution is -1.98. The number of nitrogens with one attached hydrogen (secondary N) is 1. The van der Waals surface area contributed by atoms with Crippen LogP contribution in [0, 0.1) is 0 Å². The quantitative estimate of drug-likeness (QED) is 0.777. The number of aromatic nitrogens is 2. The van der Waals surface area contributed by atoms with E-state index in [4.69, 9.17) is 11.6 Å². The second kappa shape index (κ2) is 3.64. The predicted octanol–water partition coefficient (Wildman–Crippen LogP) is 2.09. The van der Waals surface area contributed by atoms with Gasteiger partial charge in [0.15, 0.2) is 5.43 Å². The number of aromatic amines is 1. The van der Waals surface area contributed by atoms with Crippen LogP contribution in [-0.2, 0) is 0 Å². The summed E-state index contributed by atoms with van der Waals surface area (Å²) < 4.78 is 0. The Morgan fingerprint density at radius 2 is 2.14 bits per heavy atom. The molecule has 0 bridgehead atoms. The first kappa shape index (κ1) is 8.97. The summed E-state index contributed by atoms with van der Waals surface area (Å²) in [5.41, 5.74) is 1.47. The third-order valence-electron chi connectivity index (χ3n) is 1.79.